The van der Waals surface area contributed by atoms with Gasteiger partial charge in [-0.25, -0.2) is 0 Å². The summed E-state index contributed by atoms with van der Waals surface area (Å²) in [6.45, 7) is 0.647. The highest BCUT2D eigenvalue weighted by Gasteiger charge is 2.29. The Morgan fingerprint density at radius 3 is 2.63 bits per heavy atom. The number of esters is 1. The van der Waals surface area contributed by atoms with Crippen LogP contribution in [0.4, 0.5) is 0 Å². The summed E-state index contributed by atoms with van der Waals surface area (Å²) < 4.78 is 10.7. The number of hydrogen-bond acceptors (Lipinski definition) is 4. The number of benzene rings is 1. The third-order valence-electron chi connectivity index (χ3n) is 3.46. The lowest BCUT2D eigenvalue weighted by Gasteiger charge is -2.26. The lowest BCUT2D eigenvalue weighted by atomic mass is 9.85. The predicted molar refractivity (Wildman–Crippen MR) is 72.8 cm³/mol. The molecule has 1 aliphatic rings. The van der Waals surface area contributed by atoms with Gasteiger partial charge in [-0.2, -0.15) is 0 Å². The maximum absolute atomic E-state index is 11.9. The van der Waals surface area contributed by atoms with E-state index in [0.29, 0.717) is 6.61 Å². The van der Waals surface area contributed by atoms with Gasteiger partial charge in [0.15, 0.2) is 0 Å². The number of ether oxygens (including phenoxy) is 2. The Kier molecular flexibility index (Phi) is 5.21. The largest absolute Gasteiger partial charge is 0.490 e. The third kappa shape index (κ3) is 4.24. The van der Waals surface area contributed by atoms with Gasteiger partial charge in [-0.3, -0.25) is 4.79 Å². The van der Waals surface area contributed by atoms with Crippen LogP contribution in [0.1, 0.15) is 25.7 Å². The van der Waals surface area contributed by atoms with Gasteiger partial charge in [0, 0.05) is 6.04 Å². The molecule has 2 rings (SSSR count). The fourth-order valence-corrected chi connectivity index (χ4v) is 2.38. The van der Waals surface area contributed by atoms with Crippen LogP contribution < -0.4 is 10.5 Å². The normalized spacial score (nSPS) is 22.8. The minimum atomic E-state index is -0.177. The summed E-state index contributed by atoms with van der Waals surface area (Å²) in [5.74, 6) is 0.474. The van der Waals surface area contributed by atoms with E-state index in [4.69, 9.17) is 15.2 Å². The van der Waals surface area contributed by atoms with Gasteiger partial charge in [-0.1, -0.05) is 31.0 Å². The molecule has 2 atom stereocenters. The molecule has 0 bridgehead atoms. The smallest absolute Gasteiger partial charge is 0.310 e. The Morgan fingerprint density at radius 2 is 1.89 bits per heavy atom. The van der Waals surface area contributed by atoms with Gasteiger partial charge in [0.1, 0.15) is 19.0 Å². The van der Waals surface area contributed by atoms with Crippen molar-refractivity contribution in [1.82, 2.24) is 0 Å². The van der Waals surface area contributed by atoms with Crippen molar-refractivity contribution in [3.05, 3.63) is 30.3 Å². The molecule has 2 unspecified atom stereocenters. The van der Waals surface area contributed by atoms with Crippen LogP contribution >= 0.6 is 0 Å². The first-order valence-electron chi connectivity index (χ1n) is 6.87. The van der Waals surface area contributed by atoms with E-state index >= 15 is 0 Å². The van der Waals surface area contributed by atoms with Gasteiger partial charge in [-0.15, -0.1) is 0 Å². The minimum absolute atomic E-state index is 0.0451. The molecule has 104 valence electrons. The second kappa shape index (κ2) is 7.14. The van der Waals surface area contributed by atoms with Crippen LogP contribution in [0, 0.1) is 5.92 Å². The van der Waals surface area contributed by atoms with E-state index in [1.165, 1.54) is 0 Å². The van der Waals surface area contributed by atoms with E-state index < -0.39 is 0 Å². The van der Waals surface area contributed by atoms with Crippen molar-refractivity contribution in [2.24, 2.45) is 11.7 Å². The quantitative estimate of drug-likeness (QED) is 0.653. The van der Waals surface area contributed by atoms with Crippen molar-refractivity contribution in [3.8, 4) is 5.75 Å². The van der Waals surface area contributed by atoms with Crippen LogP contribution in [0.25, 0.3) is 0 Å². The standard InChI is InChI=1S/C15H21NO3/c16-14-9-5-4-8-13(14)15(17)19-11-10-18-12-6-2-1-3-7-12/h1-3,6-7,13-14H,4-5,8-11,16H2. The minimum Gasteiger partial charge on any atom is -0.490 e. The van der Waals surface area contributed by atoms with E-state index in [0.717, 1.165) is 31.4 Å². The molecule has 4 nitrogen and oxygen atoms in total. The molecule has 4 heteroatoms. The van der Waals surface area contributed by atoms with Crippen LogP contribution in [0.2, 0.25) is 0 Å². The number of carbonyl (C=O) groups is 1. The molecule has 1 aromatic rings. The van der Waals surface area contributed by atoms with Crippen LogP contribution in [0.15, 0.2) is 30.3 Å². The molecule has 19 heavy (non-hydrogen) atoms. The van der Waals surface area contributed by atoms with E-state index in [1.807, 2.05) is 30.3 Å². The SMILES string of the molecule is NC1CCCCC1C(=O)OCCOc1ccccc1. The van der Waals surface area contributed by atoms with Crippen LogP contribution in [-0.2, 0) is 9.53 Å². The zero-order valence-electron chi connectivity index (χ0n) is 11.1. The fraction of sp³-hybridized carbons (Fsp3) is 0.533. The van der Waals surface area contributed by atoms with Crippen LogP contribution in [0.5, 0.6) is 5.75 Å². The van der Waals surface area contributed by atoms with E-state index in [-0.39, 0.29) is 24.5 Å². The summed E-state index contributed by atoms with van der Waals surface area (Å²) in [6, 6.07) is 9.44. The molecule has 0 radical (unpaired) electrons. The summed E-state index contributed by atoms with van der Waals surface area (Å²) in [6.07, 6.45) is 3.94. The van der Waals surface area contributed by atoms with E-state index in [9.17, 15) is 4.79 Å². The van der Waals surface area contributed by atoms with E-state index in [1.54, 1.807) is 0 Å². The van der Waals surface area contributed by atoms with Gasteiger partial charge >= 0.3 is 5.97 Å². The van der Waals surface area contributed by atoms with Gasteiger partial charge in [0.25, 0.3) is 0 Å². The number of nitrogens with two attached hydrogens (primary N) is 1. The molecule has 1 aromatic carbocycles. The maximum atomic E-state index is 11.9. The predicted octanol–water partition coefficient (Wildman–Crippen LogP) is 2.13. The summed E-state index contributed by atoms with van der Waals surface area (Å²) in [7, 11) is 0. The van der Waals surface area contributed by atoms with Crippen LogP contribution in [0.3, 0.4) is 0 Å². The Bertz CT molecular complexity index is 394. The van der Waals surface area contributed by atoms with Crippen molar-refractivity contribution >= 4 is 5.97 Å². The Balaban J connectivity index is 1.66. The molecule has 0 aliphatic heterocycles. The Labute approximate surface area is 113 Å². The molecule has 1 fully saturated rings. The Hall–Kier alpha value is -1.55. The van der Waals surface area contributed by atoms with E-state index in [2.05, 4.69) is 0 Å². The summed E-state index contributed by atoms with van der Waals surface area (Å²) >= 11 is 0. The molecular weight excluding hydrogens is 242 g/mol. The highest BCUT2D eigenvalue weighted by Crippen LogP contribution is 2.23. The van der Waals surface area contributed by atoms with Crippen LogP contribution in [-0.4, -0.2) is 25.2 Å². The number of rotatable bonds is 5. The molecule has 0 saturated heterocycles. The Morgan fingerprint density at radius 1 is 1.16 bits per heavy atom. The molecule has 2 N–H and O–H groups in total. The molecular formula is C15H21NO3. The highest BCUT2D eigenvalue weighted by molar-refractivity contribution is 5.73. The maximum Gasteiger partial charge on any atom is 0.310 e. The monoisotopic (exact) mass is 263 g/mol. The van der Waals surface area contributed by atoms with Gasteiger partial charge in [0.05, 0.1) is 5.92 Å². The van der Waals surface area contributed by atoms with Crippen molar-refractivity contribution in [3.63, 3.8) is 0 Å². The molecule has 0 aromatic heterocycles. The number of hydrogen-bond donors (Lipinski definition) is 1. The second-order valence-corrected chi connectivity index (χ2v) is 4.88. The van der Waals surface area contributed by atoms with Gasteiger partial charge < -0.3 is 15.2 Å². The molecule has 0 spiro atoms. The molecule has 0 heterocycles. The summed E-state index contributed by atoms with van der Waals surface area (Å²) in [4.78, 5) is 11.9. The topological polar surface area (TPSA) is 61.6 Å². The average molecular weight is 263 g/mol. The molecule has 1 saturated carbocycles. The summed E-state index contributed by atoms with van der Waals surface area (Å²) in [5.41, 5.74) is 5.94. The zero-order valence-corrected chi connectivity index (χ0v) is 11.1. The lowest BCUT2D eigenvalue weighted by molar-refractivity contribution is -0.151. The highest BCUT2D eigenvalue weighted by atomic mass is 16.6. The third-order valence-corrected chi connectivity index (χ3v) is 3.46. The van der Waals surface area contributed by atoms with Crippen molar-refractivity contribution in [2.45, 2.75) is 31.7 Å². The van der Waals surface area contributed by atoms with Gasteiger partial charge in [0.2, 0.25) is 0 Å². The fourth-order valence-electron chi connectivity index (χ4n) is 2.38. The summed E-state index contributed by atoms with van der Waals surface area (Å²) in [5, 5.41) is 0. The number of para-hydroxylation sites is 1. The molecule has 0 amide bonds. The van der Waals surface area contributed by atoms with Gasteiger partial charge in [-0.05, 0) is 25.0 Å². The number of carbonyl (C=O) groups excluding carboxylic acids is 1. The van der Waals surface area contributed by atoms with Crippen molar-refractivity contribution in [1.29, 1.82) is 0 Å². The first kappa shape index (κ1) is 13.9. The zero-order chi connectivity index (χ0) is 13.5. The first-order valence-corrected chi connectivity index (χ1v) is 6.87. The average Bonchev–Trinajstić information content (AvgIpc) is 2.45. The second-order valence-electron chi connectivity index (χ2n) is 4.88. The molecule has 1 aliphatic carbocycles. The first-order chi connectivity index (χ1) is 9.27. The lowest BCUT2D eigenvalue weighted by Crippen LogP contribution is -2.39. The van der Waals surface area contributed by atoms with Crippen molar-refractivity contribution in [2.75, 3.05) is 13.2 Å². The van der Waals surface area contributed by atoms with Crippen molar-refractivity contribution < 1.29 is 14.3 Å².